The Morgan fingerprint density at radius 1 is 1.22 bits per heavy atom. The SMILES string of the molecule is CNCC(C)CN1CCN(c2ncccn2)CC1. The third-order valence-corrected chi connectivity index (χ3v) is 3.33. The van der Waals surface area contributed by atoms with Gasteiger partial charge in [-0.2, -0.15) is 0 Å². The van der Waals surface area contributed by atoms with E-state index in [0.717, 1.165) is 38.7 Å². The van der Waals surface area contributed by atoms with Crippen molar-refractivity contribution in [1.82, 2.24) is 20.2 Å². The molecule has 1 aromatic rings. The molecule has 5 nitrogen and oxygen atoms in total. The van der Waals surface area contributed by atoms with Gasteiger partial charge in [-0.3, -0.25) is 4.90 Å². The maximum absolute atomic E-state index is 4.30. The number of piperazine rings is 1. The quantitative estimate of drug-likeness (QED) is 0.821. The van der Waals surface area contributed by atoms with Crippen LogP contribution in [-0.4, -0.2) is 61.2 Å². The minimum atomic E-state index is 0.703. The lowest BCUT2D eigenvalue weighted by molar-refractivity contribution is 0.223. The molecule has 100 valence electrons. The van der Waals surface area contributed by atoms with Crippen LogP contribution in [-0.2, 0) is 0 Å². The Morgan fingerprint density at radius 2 is 1.89 bits per heavy atom. The van der Waals surface area contributed by atoms with E-state index in [1.54, 1.807) is 0 Å². The van der Waals surface area contributed by atoms with Gasteiger partial charge in [0.1, 0.15) is 0 Å². The van der Waals surface area contributed by atoms with Crippen LogP contribution in [0.2, 0.25) is 0 Å². The van der Waals surface area contributed by atoms with Gasteiger partial charge in [0.15, 0.2) is 0 Å². The zero-order valence-electron chi connectivity index (χ0n) is 11.3. The molecule has 1 aromatic heterocycles. The first-order valence-electron chi connectivity index (χ1n) is 6.68. The molecule has 2 heterocycles. The van der Waals surface area contributed by atoms with Crippen molar-refractivity contribution in [2.24, 2.45) is 5.92 Å². The maximum atomic E-state index is 4.30. The third kappa shape index (κ3) is 3.65. The fourth-order valence-corrected chi connectivity index (χ4v) is 2.44. The third-order valence-electron chi connectivity index (χ3n) is 3.33. The minimum Gasteiger partial charge on any atom is -0.338 e. The van der Waals surface area contributed by atoms with Crippen LogP contribution >= 0.6 is 0 Å². The van der Waals surface area contributed by atoms with Crippen molar-refractivity contribution in [2.75, 3.05) is 51.2 Å². The molecule has 0 radical (unpaired) electrons. The van der Waals surface area contributed by atoms with Crippen LogP contribution in [0.1, 0.15) is 6.92 Å². The summed E-state index contributed by atoms with van der Waals surface area (Å²) in [6.07, 6.45) is 3.62. The van der Waals surface area contributed by atoms with Crippen molar-refractivity contribution in [3.8, 4) is 0 Å². The van der Waals surface area contributed by atoms with Crippen molar-refractivity contribution in [2.45, 2.75) is 6.92 Å². The number of aromatic nitrogens is 2. The molecule has 1 fully saturated rings. The Bertz CT molecular complexity index is 334. The van der Waals surface area contributed by atoms with Gasteiger partial charge in [-0.05, 0) is 25.6 Å². The largest absolute Gasteiger partial charge is 0.338 e. The van der Waals surface area contributed by atoms with Crippen LogP contribution in [0.4, 0.5) is 5.95 Å². The molecule has 1 aliphatic rings. The molecule has 1 atom stereocenters. The molecule has 0 bridgehead atoms. The summed E-state index contributed by atoms with van der Waals surface area (Å²) in [6.45, 7) is 8.81. The number of hydrogen-bond acceptors (Lipinski definition) is 5. The molecule has 1 saturated heterocycles. The van der Waals surface area contributed by atoms with Gasteiger partial charge in [-0.25, -0.2) is 9.97 Å². The van der Waals surface area contributed by atoms with E-state index in [4.69, 9.17) is 0 Å². The first-order valence-corrected chi connectivity index (χ1v) is 6.68. The Morgan fingerprint density at radius 3 is 2.50 bits per heavy atom. The summed E-state index contributed by atoms with van der Waals surface area (Å²) in [5.74, 6) is 1.56. The molecular weight excluding hydrogens is 226 g/mol. The van der Waals surface area contributed by atoms with Gasteiger partial charge >= 0.3 is 0 Å². The van der Waals surface area contributed by atoms with E-state index < -0.39 is 0 Å². The van der Waals surface area contributed by atoms with E-state index in [1.807, 2.05) is 25.5 Å². The second kappa shape index (κ2) is 6.66. The Hall–Kier alpha value is -1.20. The standard InChI is InChI=1S/C13H23N5/c1-12(10-14-2)11-17-6-8-18(9-7-17)13-15-4-3-5-16-13/h3-5,12,14H,6-11H2,1-2H3. The molecule has 1 unspecified atom stereocenters. The molecule has 0 saturated carbocycles. The fraction of sp³-hybridized carbons (Fsp3) is 0.692. The Labute approximate surface area is 109 Å². The van der Waals surface area contributed by atoms with Gasteiger partial charge in [-0.1, -0.05) is 6.92 Å². The Kier molecular flexibility index (Phi) is 4.90. The molecule has 0 spiro atoms. The van der Waals surface area contributed by atoms with Crippen LogP contribution in [0.25, 0.3) is 0 Å². The fourth-order valence-electron chi connectivity index (χ4n) is 2.44. The summed E-state index contributed by atoms with van der Waals surface area (Å²) >= 11 is 0. The smallest absolute Gasteiger partial charge is 0.225 e. The highest BCUT2D eigenvalue weighted by Crippen LogP contribution is 2.10. The highest BCUT2D eigenvalue weighted by molar-refractivity contribution is 5.29. The van der Waals surface area contributed by atoms with Crippen molar-refractivity contribution in [3.05, 3.63) is 18.5 Å². The Balaban J connectivity index is 1.78. The summed E-state index contributed by atoms with van der Waals surface area (Å²) in [7, 11) is 2.02. The zero-order valence-corrected chi connectivity index (χ0v) is 11.3. The maximum Gasteiger partial charge on any atom is 0.225 e. The number of nitrogens with one attached hydrogen (secondary N) is 1. The lowest BCUT2D eigenvalue weighted by Gasteiger charge is -2.35. The van der Waals surface area contributed by atoms with E-state index in [9.17, 15) is 0 Å². The predicted molar refractivity (Wildman–Crippen MR) is 73.8 cm³/mol. The van der Waals surface area contributed by atoms with Crippen molar-refractivity contribution in [1.29, 1.82) is 0 Å². The summed E-state index contributed by atoms with van der Waals surface area (Å²) < 4.78 is 0. The summed E-state index contributed by atoms with van der Waals surface area (Å²) in [4.78, 5) is 13.4. The van der Waals surface area contributed by atoms with Gasteiger partial charge in [0.25, 0.3) is 0 Å². The van der Waals surface area contributed by atoms with Gasteiger partial charge in [-0.15, -0.1) is 0 Å². The first kappa shape index (κ1) is 13.2. The number of nitrogens with zero attached hydrogens (tertiary/aromatic N) is 4. The van der Waals surface area contributed by atoms with Crippen molar-refractivity contribution < 1.29 is 0 Å². The number of hydrogen-bond donors (Lipinski definition) is 1. The first-order chi connectivity index (χ1) is 8.79. The monoisotopic (exact) mass is 249 g/mol. The van der Waals surface area contributed by atoms with Crippen molar-refractivity contribution in [3.63, 3.8) is 0 Å². The normalized spacial score (nSPS) is 18.9. The summed E-state index contributed by atoms with van der Waals surface area (Å²) in [5.41, 5.74) is 0. The lowest BCUT2D eigenvalue weighted by atomic mass is 10.1. The molecule has 5 heteroatoms. The zero-order chi connectivity index (χ0) is 12.8. The second-order valence-corrected chi connectivity index (χ2v) is 5.00. The van der Waals surface area contributed by atoms with Crippen LogP contribution in [0.3, 0.4) is 0 Å². The van der Waals surface area contributed by atoms with Crippen LogP contribution in [0, 0.1) is 5.92 Å². The molecular formula is C13H23N5. The van der Waals surface area contributed by atoms with Gasteiger partial charge in [0.05, 0.1) is 0 Å². The van der Waals surface area contributed by atoms with E-state index >= 15 is 0 Å². The molecule has 0 aromatic carbocycles. The average molecular weight is 249 g/mol. The van der Waals surface area contributed by atoms with E-state index in [1.165, 1.54) is 6.54 Å². The number of anilines is 1. The summed E-state index contributed by atoms with van der Waals surface area (Å²) in [5, 5.41) is 3.23. The highest BCUT2D eigenvalue weighted by Gasteiger charge is 2.19. The van der Waals surface area contributed by atoms with E-state index in [-0.39, 0.29) is 0 Å². The molecule has 1 aliphatic heterocycles. The van der Waals surface area contributed by atoms with E-state index in [2.05, 4.69) is 32.0 Å². The van der Waals surface area contributed by atoms with Gasteiger partial charge < -0.3 is 10.2 Å². The second-order valence-electron chi connectivity index (χ2n) is 5.00. The van der Waals surface area contributed by atoms with Crippen LogP contribution in [0.15, 0.2) is 18.5 Å². The van der Waals surface area contributed by atoms with E-state index in [0.29, 0.717) is 5.92 Å². The molecule has 0 aliphatic carbocycles. The number of rotatable bonds is 5. The van der Waals surface area contributed by atoms with Crippen LogP contribution in [0.5, 0.6) is 0 Å². The minimum absolute atomic E-state index is 0.703. The van der Waals surface area contributed by atoms with Crippen molar-refractivity contribution >= 4 is 5.95 Å². The highest BCUT2D eigenvalue weighted by atomic mass is 15.3. The molecule has 18 heavy (non-hydrogen) atoms. The lowest BCUT2D eigenvalue weighted by Crippen LogP contribution is -2.48. The average Bonchev–Trinajstić information content (AvgIpc) is 2.41. The molecule has 0 amide bonds. The molecule has 2 rings (SSSR count). The molecule has 1 N–H and O–H groups in total. The van der Waals surface area contributed by atoms with Gasteiger partial charge in [0, 0.05) is 45.1 Å². The van der Waals surface area contributed by atoms with Gasteiger partial charge in [0.2, 0.25) is 5.95 Å². The van der Waals surface area contributed by atoms with Crippen LogP contribution < -0.4 is 10.2 Å². The topological polar surface area (TPSA) is 44.3 Å². The summed E-state index contributed by atoms with van der Waals surface area (Å²) in [6, 6.07) is 1.86. The predicted octanol–water partition coefficient (Wildman–Crippen LogP) is 0.454.